The van der Waals surface area contributed by atoms with Crippen molar-refractivity contribution < 1.29 is 14.3 Å². The van der Waals surface area contributed by atoms with Crippen molar-refractivity contribution in [1.29, 1.82) is 5.26 Å². The predicted octanol–water partition coefficient (Wildman–Crippen LogP) is 3.36. The molecule has 1 aromatic heterocycles. The van der Waals surface area contributed by atoms with Gasteiger partial charge in [0.25, 0.3) is 5.91 Å². The average Bonchev–Trinajstić information content (AvgIpc) is 2.94. The van der Waals surface area contributed by atoms with E-state index in [1.165, 1.54) is 4.90 Å². The summed E-state index contributed by atoms with van der Waals surface area (Å²) in [5.74, 6) is -0.826. The minimum atomic E-state index is -0.927. The minimum absolute atomic E-state index is 0.328. The molecule has 1 heterocycles. The molecule has 1 atom stereocenters. The summed E-state index contributed by atoms with van der Waals surface area (Å²) >= 11 is 0. The van der Waals surface area contributed by atoms with Crippen LogP contribution in [0.15, 0.2) is 6.07 Å². The summed E-state index contributed by atoms with van der Waals surface area (Å²) in [6, 6.07) is 4.12. The smallest absolute Gasteiger partial charge is 0.340 e. The highest BCUT2D eigenvalue weighted by atomic mass is 16.5. The second-order valence-corrected chi connectivity index (χ2v) is 7.18. The van der Waals surface area contributed by atoms with E-state index < -0.39 is 17.6 Å². The van der Waals surface area contributed by atoms with Crippen LogP contribution in [0.25, 0.3) is 0 Å². The number of hydrogen-bond acceptors (Lipinski definition) is 4. The monoisotopic (exact) mass is 359 g/mol. The number of nitrogens with zero attached hydrogens (tertiary/aromatic N) is 3. The van der Waals surface area contributed by atoms with Crippen LogP contribution in [-0.4, -0.2) is 40.0 Å². The molecule has 0 unspecified atom stereocenters. The standard InChI is InChI=1S/C20H29N3O3/c1-6-23-14(2)12-17(15(23)3)19(25)26-16(4)18(24)22(5)20(13-21)10-8-7-9-11-20/h12,16H,6-11H2,1-5H3/t16-/m0/s1. The van der Waals surface area contributed by atoms with Crippen molar-refractivity contribution in [1.82, 2.24) is 9.47 Å². The fraction of sp³-hybridized carbons (Fsp3) is 0.650. The molecule has 0 saturated heterocycles. The van der Waals surface area contributed by atoms with E-state index in [1.54, 1.807) is 20.0 Å². The molecule has 6 nitrogen and oxygen atoms in total. The Bertz CT molecular complexity index is 723. The molecule has 2 rings (SSSR count). The molecule has 1 aliphatic rings. The van der Waals surface area contributed by atoms with Gasteiger partial charge in [-0.25, -0.2) is 4.79 Å². The first-order chi connectivity index (χ1) is 12.3. The molecule has 0 N–H and O–H groups in total. The van der Waals surface area contributed by atoms with Crippen molar-refractivity contribution in [2.24, 2.45) is 0 Å². The van der Waals surface area contributed by atoms with Crippen molar-refractivity contribution in [2.75, 3.05) is 7.05 Å². The lowest BCUT2D eigenvalue weighted by molar-refractivity contribution is -0.143. The molecule has 0 aliphatic heterocycles. The zero-order chi connectivity index (χ0) is 19.5. The molecule has 1 aliphatic carbocycles. The van der Waals surface area contributed by atoms with E-state index in [4.69, 9.17) is 4.74 Å². The van der Waals surface area contributed by atoms with Gasteiger partial charge in [0.15, 0.2) is 6.10 Å². The summed E-state index contributed by atoms with van der Waals surface area (Å²) in [5, 5.41) is 9.64. The molecular weight excluding hydrogens is 330 g/mol. The van der Waals surface area contributed by atoms with Crippen LogP contribution in [0.1, 0.15) is 67.7 Å². The Morgan fingerprint density at radius 2 is 1.96 bits per heavy atom. The lowest BCUT2D eigenvalue weighted by atomic mass is 9.81. The van der Waals surface area contributed by atoms with E-state index in [0.717, 1.165) is 37.2 Å². The van der Waals surface area contributed by atoms with Gasteiger partial charge in [-0.2, -0.15) is 5.26 Å². The van der Waals surface area contributed by atoms with Crippen molar-refractivity contribution in [3.8, 4) is 6.07 Å². The first kappa shape index (κ1) is 20.0. The maximum absolute atomic E-state index is 12.8. The molecular formula is C20H29N3O3. The van der Waals surface area contributed by atoms with Crippen LogP contribution in [0, 0.1) is 25.2 Å². The van der Waals surface area contributed by atoms with Gasteiger partial charge in [-0.05, 0) is 46.6 Å². The number of nitriles is 1. The average molecular weight is 359 g/mol. The normalized spacial score (nSPS) is 17.2. The van der Waals surface area contributed by atoms with E-state index in [1.807, 2.05) is 25.3 Å². The Morgan fingerprint density at radius 1 is 1.35 bits per heavy atom. The van der Waals surface area contributed by atoms with Gasteiger partial charge in [-0.3, -0.25) is 4.79 Å². The molecule has 1 aromatic rings. The number of aryl methyl sites for hydroxylation is 1. The number of hydrogen-bond donors (Lipinski definition) is 0. The van der Waals surface area contributed by atoms with Crippen LogP contribution in [0.5, 0.6) is 0 Å². The molecule has 1 saturated carbocycles. The van der Waals surface area contributed by atoms with Crippen molar-refractivity contribution >= 4 is 11.9 Å². The molecule has 0 aromatic carbocycles. The molecule has 6 heteroatoms. The first-order valence-corrected chi connectivity index (χ1v) is 9.34. The number of aromatic nitrogens is 1. The van der Waals surface area contributed by atoms with Gasteiger partial charge in [0.2, 0.25) is 0 Å². The Labute approximate surface area is 155 Å². The minimum Gasteiger partial charge on any atom is -0.449 e. The number of carbonyl (C=O) groups excluding carboxylic acids is 2. The van der Waals surface area contributed by atoms with Crippen LogP contribution in [0.4, 0.5) is 0 Å². The van der Waals surface area contributed by atoms with Crippen molar-refractivity contribution in [3.05, 3.63) is 23.0 Å². The number of amides is 1. The third-order valence-electron chi connectivity index (χ3n) is 5.60. The van der Waals surface area contributed by atoms with Gasteiger partial charge < -0.3 is 14.2 Å². The number of likely N-dealkylation sites (N-methyl/N-ethyl adjacent to an activating group) is 1. The summed E-state index contributed by atoms with van der Waals surface area (Å²) in [6.45, 7) is 8.17. The largest absolute Gasteiger partial charge is 0.449 e. The second kappa shape index (κ2) is 7.94. The van der Waals surface area contributed by atoms with Crippen LogP contribution >= 0.6 is 0 Å². The quantitative estimate of drug-likeness (QED) is 0.756. The third kappa shape index (κ3) is 3.62. The molecule has 0 bridgehead atoms. The SMILES string of the molecule is CCn1c(C)cc(C(=O)O[C@@H](C)C(=O)N(C)C2(C#N)CCCCC2)c1C. The zero-order valence-corrected chi connectivity index (χ0v) is 16.5. The zero-order valence-electron chi connectivity index (χ0n) is 16.5. The summed E-state index contributed by atoms with van der Waals surface area (Å²) in [5.41, 5.74) is 1.52. The van der Waals surface area contributed by atoms with Crippen molar-refractivity contribution in [3.63, 3.8) is 0 Å². The molecule has 26 heavy (non-hydrogen) atoms. The van der Waals surface area contributed by atoms with E-state index >= 15 is 0 Å². The van der Waals surface area contributed by atoms with Gasteiger partial charge in [0, 0.05) is 25.0 Å². The summed E-state index contributed by atoms with van der Waals surface area (Å²) < 4.78 is 7.47. The Kier molecular flexibility index (Phi) is 6.12. The molecule has 1 fully saturated rings. The van der Waals surface area contributed by atoms with Crippen LogP contribution in [0.2, 0.25) is 0 Å². The van der Waals surface area contributed by atoms with E-state index in [0.29, 0.717) is 18.4 Å². The summed E-state index contributed by atoms with van der Waals surface area (Å²) in [4.78, 5) is 26.8. The lowest BCUT2D eigenvalue weighted by Gasteiger charge is -2.39. The number of rotatable bonds is 5. The van der Waals surface area contributed by atoms with Crippen LogP contribution in [0.3, 0.4) is 0 Å². The molecule has 1 amide bonds. The van der Waals surface area contributed by atoms with E-state index in [-0.39, 0.29) is 5.91 Å². The number of carbonyl (C=O) groups is 2. The predicted molar refractivity (Wildman–Crippen MR) is 98.7 cm³/mol. The Hall–Kier alpha value is -2.29. The maximum Gasteiger partial charge on any atom is 0.340 e. The second-order valence-electron chi connectivity index (χ2n) is 7.18. The summed E-state index contributed by atoms with van der Waals surface area (Å²) in [6.07, 6.45) is 3.37. The Balaban J connectivity index is 2.11. The van der Waals surface area contributed by atoms with Gasteiger partial charge in [-0.15, -0.1) is 0 Å². The number of esters is 1. The first-order valence-electron chi connectivity index (χ1n) is 9.34. The van der Waals surface area contributed by atoms with Crippen LogP contribution in [-0.2, 0) is 16.1 Å². The fourth-order valence-corrected chi connectivity index (χ4v) is 3.91. The molecule has 0 radical (unpaired) electrons. The maximum atomic E-state index is 12.8. The highest BCUT2D eigenvalue weighted by Crippen LogP contribution is 2.33. The highest BCUT2D eigenvalue weighted by molar-refractivity contribution is 5.93. The van der Waals surface area contributed by atoms with Crippen molar-refractivity contribution in [2.45, 2.75) is 78.0 Å². The van der Waals surface area contributed by atoms with Gasteiger partial charge in [-0.1, -0.05) is 19.3 Å². The van der Waals surface area contributed by atoms with E-state index in [9.17, 15) is 14.9 Å². The lowest BCUT2D eigenvalue weighted by Crippen LogP contribution is -2.53. The molecule has 142 valence electrons. The molecule has 0 spiro atoms. The van der Waals surface area contributed by atoms with E-state index in [2.05, 4.69) is 6.07 Å². The van der Waals surface area contributed by atoms with Gasteiger partial charge in [0.05, 0.1) is 11.6 Å². The fourth-order valence-electron chi connectivity index (χ4n) is 3.91. The van der Waals surface area contributed by atoms with Crippen LogP contribution < -0.4 is 0 Å². The number of ether oxygens (including phenoxy) is 1. The third-order valence-corrected chi connectivity index (χ3v) is 5.60. The van der Waals surface area contributed by atoms with Gasteiger partial charge in [0.1, 0.15) is 5.54 Å². The summed E-state index contributed by atoms with van der Waals surface area (Å²) in [7, 11) is 1.64. The highest BCUT2D eigenvalue weighted by Gasteiger charge is 2.40. The Morgan fingerprint density at radius 3 is 2.46 bits per heavy atom. The van der Waals surface area contributed by atoms with Gasteiger partial charge >= 0.3 is 5.97 Å². The topological polar surface area (TPSA) is 75.3 Å².